The molecule has 0 aromatic heterocycles. The van der Waals surface area contributed by atoms with Crippen molar-refractivity contribution in [2.75, 3.05) is 0 Å². The predicted octanol–water partition coefficient (Wildman–Crippen LogP) is 0.0508. The Bertz CT molecular complexity index is 120. The van der Waals surface area contributed by atoms with E-state index in [4.69, 9.17) is 0 Å². The van der Waals surface area contributed by atoms with Crippen LogP contribution in [-0.4, -0.2) is 0 Å². The second-order valence-electron chi connectivity index (χ2n) is 0.405. The number of rotatable bonds is 1. The zero-order valence-electron chi connectivity index (χ0n) is 2.71. The molecule has 0 aliphatic rings. The van der Waals surface area contributed by atoms with Crippen molar-refractivity contribution in [3.8, 4) is 12.5 Å². The summed E-state index contributed by atoms with van der Waals surface area (Å²) in [5, 5.41) is 0. The van der Waals surface area contributed by atoms with Crippen molar-refractivity contribution in [1.82, 2.24) is 0 Å². The first-order chi connectivity index (χ1) is 2.77. The zero-order valence-corrected chi connectivity index (χ0v) is 5.16. The lowest BCUT2D eigenvalue weighted by atomic mass is 11.3. The Kier molecular flexibility index (Phi) is 3.43. The van der Waals surface area contributed by atoms with Gasteiger partial charge in [0.15, 0.2) is 0 Å². The lowest BCUT2D eigenvalue weighted by molar-refractivity contribution is 0.618. The number of hydrogen-bond acceptors (Lipinski definition) is 4. The molecule has 0 radical (unpaired) electrons. The molecule has 0 saturated carbocycles. The van der Waals surface area contributed by atoms with Gasteiger partial charge in [0.1, 0.15) is 0 Å². The maximum absolute atomic E-state index is 4.63. The summed E-state index contributed by atoms with van der Waals surface area (Å²) in [7, 11) is -0.885. The van der Waals surface area contributed by atoms with E-state index in [-0.39, 0.29) is 0 Å². The largest absolute Gasteiger partial charge is 0.531 e. The van der Waals surface area contributed by atoms with Crippen LogP contribution in [0.4, 0.5) is 0 Å². The molecule has 0 rings (SSSR count). The molecule has 0 aromatic carbocycles. The van der Waals surface area contributed by atoms with Crippen LogP contribution in [0.5, 0.6) is 0 Å². The van der Waals surface area contributed by atoms with Gasteiger partial charge in [0.2, 0.25) is 0 Å². The monoisotopic (exact) mass is 137 g/mol. The van der Waals surface area contributed by atoms with Crippen LogP contribution in [0.3, 0.4) is 0 Å². The van der Waals surface area contributed by atoms with Crippen molar-refractivity contribution >= 4 is 30.7 Å². The molecule has 0 N–H and O–H groups in total. The molecule has 4 heteroatoms. The number of terminal acetylenes is 1. The number of hydrogen-bond donors (Lipinski definition) is 0. The van der Waals surface area contributed by atoms with Crippen LogP contribution in [-0.2, 0) is 34.9 Å². The molecule has 0 unspecified atom stereocenters. The third-order valence-corrected chi connectivity index (χ3v) is 0.757. The van der Waals surface area contributed by atoms with E-state index < -0.39 is 8.29 Å². The molecule has 1 nitrogen and oxygen atoms in total. The van der Waals surface area contributed by atoms with E-state index in [2.05, 4.69) is 33.0 Å². The second kappa shape index (κ2) is 3.34. The van der Waals surface area contributed by atoms with Gasteiger partial charge in [-0.3, -0.25) is 0 Å². The van der Waals surface area contributed by atoms with Crippen molar-refractivity contribution in [2.24, 2.45) is 0 Å². The van der Waals surface area contributed by atoms with Crippen LogP contribution in [0.15, 0.2) is 0 Å². The Morgan fingerprint density at radius 1 is 1.67 bits per heavy atom. The molecule has 0 fully saturated rings. The van der Waals surface area contributed by atoms with Gasteiger partial charge in [-0.05, 0) is 0 Å². The zero-order chi connectivity index (χ0) is 4.99. The van der Waals surface area contributed by atoms with E-state index in [9.17, 15) is 0 Å². The maximum Gasteiger partial charge on any atom is 0.0860 e. The van der Waals surface area contributed by atoms with Crippen LogP contribution < -0.4 is 0 Å². The molecular weight excluding hydrogens is 136 g/mol. The van der Waals surface area contributed by atoms with Crippen molar-refractivity contribution in [2.45, 2.75) is 0 Å². The summed E-state index contributed by atoms with van der Waals surface area (Å²) in [5.74, 6) is 0. The molecule has 34 valence electrons. The van der Waals surface area contributed by atoms with Crippen LogP contribution in [0.2, 0.25) is 0 Å². The summed E-state index contributed by atoms with van der Waals surface area (Å²) in [6.45, 7) is 0. The van der Waals surface area contributed by atoms with Crippen molar-refractivity contribution in [1.29, 1.82) is 0 Å². The smallest absolute Gasteiger partial charge is 0.0860 e. The van der Waals surface area contributed by atoms with Gasteiger partial charge in [0, 0.05) is 0 Å². The van der Waals surface area contributed by atoms with E-state index >= 15 is 0 Å². The average Bonchev–Trinajstić information content (AvgIpc) is 1.35. The Hall–Kier alpha value is 0.150. The van der Waals surface area contributed by atoms with Crippen LogP contribution in [0.25, 0.3) is 0 Å². The standard InChI is InChI=1S/C2HOS3/c1-2-3-6(4)5/h1H/q-1. The van der Waals surface area contributed by atoms with E-state index in [1.807, 2.05) is 6.11 Å². The first-order valence-corrected chi connectivity index (χ1v) is 3.99. The molecule has 0 bridgehead atoms. The Balaban J connectivity index is 3.41. The van der Waals surface area contributed by atoms with Crippen LogP contribution >= 0.6 is 0 Å². The van der Waals surface area contributed by atoms with Crippen molar-refractivity contribution < 1.29 is 4.18 Å². The fourth-order valence-electron chi connectivity index (χ4n) is 0.0393. The lowest BCUT2D eigenvalue weighted by Gasteiger charge is -1.93. The van der Waals surface area contributed by atoms with Gasteiger partial charge in [-0.25, -0.2) is 22.4 Å². The summed E-state index contributed by atoms with van der Waals surface area (Å²) < 4.78 is 4.23. The Morgan fingerprint density at radius 3 is 2.17 bits per heavy atom. The molecule has 0 aliphatic carbocycles. The summed E-state index contributed by atoms with van der Waals surface area (Å²) in [5.41, 5.74) is 0. The summed E-state index contributed by atoms with van der Waals surface area (Å²) >= 11 is 8.71. The molecule has 0 aliphatic heterocycles. The van der Waals surface area contributed by atoms with E-state index in [0.717, 1.165) is 0 Å². The summed E-state index contributed by atoms with van der Waals surface area (Å²) in [6, 6.07) is 0. The molecule has 6 heavy (non-hydrogen) atoms. The fraction of sp³-hybridized carbons (Fsp3) is 0. The van der Waals surface area contributed by atoms with Gasteiger partial charge in [-0.2, -0.15) is 8.29 Å². The molecule has 0 amide bonds. The van der Waals surface area contributed by atoms with Crippen LogP contribution in [0, 0.1) is 12.5 Å². The van der Waals surface area contributed by atoms with Gasteiger partial charge in [-0.15, -0.1) is 0 Å². The van der Waals surface area contributed by atoms with E-state index in [0.29, 0.717) is 0 Å². The minimum atomic E-state index is -0.885. The SMILES string of the molecule is C#CO[S-](=S)=S. The predicted molar refractivity (Wildman–Crippen MR) is 32.0 cm³/mol. The first kappa shape index (κ1) is 6.15. The highest BCUT2D eigenvalue weighted by molar-refractivity contribution is 8.44. The molecule has 0 heterocycles. The fourth-order valence-corrected chi connectivity index (χ4v) is 0.354. The van der Waals surface area contributed by atoms with E-state index in [1.54, 1.807) is 0 Å². The second-order valence-corrected chi connectivity index (χ2v) is 3.43. The van der Waals surface area contributed by atoms with Gasteiger partial charge in [0.25, 0.3) is 0 Å². The van der Waals surface area contributed by atoms with Crippen molar-refractivity contribution in [3.63, 3.8) is 0 Å². The van der Waals surface area contributed by atoms with Gasteiger partial charge >= 0.3 is 0 Å². The summed E-state index contributed by atoms with van der Waals surface area (Å²) in [4.78, 5) is 0. The third-order valence-electron chi connectivity index (χ3n) is 0.116. The topological polar surface area (TPSA) is 9.23 Å². The van der Waals surface area contributed by atoms with Crippen LogP contribution in [0.1, 0.15) is 0 Å². The normalized spacial score (nSPS) is 7.33. The molecule has 0 atom stereocenters. The summed E-state index contributed by atoms with van der Waals surface area (Å²) in [6.07, 6.45) is 6.50. The van der Waals surface area contributed by atoms with Crippen molar-refractivity contribution in [3.05, 3.63) is 0 Å². The molecule has 0 aromatic rings. The average molecular weight is 137 g/mol. The minimum absolute atomic E-state index is 0.885. The van der Waals surface area contributed by atoms with Gasteiger partial charge < -0.3 is 4.18 Å². The highest BCUT2D eigenvalue weighted by Crippen LogP contribution is 1.63. The van der Waals surface area contributed by atoms with Gasteiger partial charge in [0.05, 0.1) is 6.11 Å². The van der Waals surface area contributed by atoms with Gasteiger partial charge in [-0.1, -0.05) is 6.42 Å². The van der Waals surface area contributed by atoms with E-state index in [1.165, 1.54) is 0 Å². The minimum Gasteiger partial charge on any atom is -0.531 e. The molecular formula is C2HOS3-. The maximum atomic E-state index is 4.63. The highest BCUT2D eigenvalue weighted by atomic mass is 33.1. The molecule has 0 spiro atoms. The quantitative estimate of drug-likeness (QED) is 0.373. The Labute approximate surface area is 47.7 Å². The molecule has 0 saturated heterocycles. The Morgan fingerprint density at radius 2 is 2.17 bits per heavy atom. The lowest BCUT2D eigenvalue weighted by Crippen LogP contribution is -1.67. The third kappa shape index (κ3) is 4.15. The highest BCUT2D eigenvalue weighted by Gasteiger charge is 1.42. The first-order valence-electron chi connectivity index (χ1n) is 0.993.